The highest BCUT2D eigenvalue weighted by Crippen LogP contribution is 2.36. The van der Waals surface area contributed by atoms with Crippen LogP contribution in [0.2, 0.25) is 0 Å². The number of benzene rings is 4. The van der Waals surface area contributed by atoms with E-state index in [2.05, 4.69) is 0 Å². The number of alkyl halides is 3. The molecule has 1 nitrogen and oxygen atoms in total. The second-order valence-electron chi connectivity index (χ2n) is 6.55. The van der Waals surface area contributed by atoms with E-state index in [1.54, 1.807) is 7.11 Å². The molecule has 0 saturated heterocycles. The lowest BCUT2D eigenvalue weighted by atomic mass is 9.93. The van der Waals surface area contributed by atoms with Gasteiger partial charge in [0, 0.05) is 0 Å². The van der Waals surface area contributed by atoms with E-state index in [-0.39, 0.29) is 0 Å². The Bertz CT molecular complexity index is 1110. The van der Waals surface area contributed by atoms with Crippen LogP contribution < -0.4 is 4.74 Å². The van der Waals surface area contributed by atoms with Gasteiger partial charge in [-0.1, -0.05) is 48.5 Å². The zero-order chi connectivity index (χ0) is 19.7. The minimum absolute atomic E-state index is 0.646. The normalized spacial score (nSPS) is 11.6. The fourth-order valence-corrected chi connectivity index (χ4v) is 3.34. The first-order valence-electron chi connectivity index (χ1n) is 8.80. The minimum atomic E-state index is -4.34. The third kappa shape index (κ3) is 3.46. The average Bonchev–Trinajstić information content (AvgIpc) is 2.72. The van der Waals surface area contributed by atoms with Crippen LogP contribution in [0.25, 0.3) is 33.0 Å². The number of halogens is 3. The molecule has 0 fully saturated rings. The lowest BCUT2D eigenvalue weighted by Crippen LogP contribution is -2.03. The highest BCUT2D eigenvalue weighted by Gasteiger charge is 2.30. The number of hydrogen-bond donors (Lipinski definition) is 0. The van der Waals surface area contributed by atoms with E-state index in [0.29, 0.717) is 0 Å². The van der Waals surface area contributed by atoms with Crippen LogP contribution in [0.5, 0.6) is 5.75 Å². The average molecular weight is 378 g/mol. The van der Waals surface area contributed by atoms with E-state index in [4.69, 9.17) is 4.74 Å². The molecule has 0 radical (unpaired) electrons. The minimum Gasteiger partial charge on any atom is -0.497 e. The molecule has 0 amide bonds. The molecule has 140 valence electrons. The van der Waals surface area contributed by atoms with Gasteiger partial charge in [0.1, 0.15) is 5.75 Å². The zero-order valence-corrected chi connectivity index (χ0v) is 15.1. The van der Waals surface area contributed by atoms with E-state index in [0.717, 1.165) is 50.9 Å². The molecule has 0 unspecified atom stereocenters. The third-order valence-corrected chi connectivity index (χ3v) is 4.81. The molecular weight excluding hydrogens is 361 g/mol. The van der Waals surface area contributed by atoms with E-state index in [1.165, 1.54) is 12.1 Å². The molecule has 4 aromatic rings. The van der Waals surface area contributed by atoms with Gasteiger partial charge in [0.05, 0.1) is 12.7 Å². The maximum Gasteiger partial charge on any atom is 0.416 e. The molecule has 4 aromatic carbocycles. The molecule has 0 heterocycles. The highest BCUT2D eigenvalue weighted by molar-refractivity contribution is 6.00. The Hall–Kier alpha value is -3.27. The summed E-state index contributed by atoms with van der Waals surface area (Å²) in [6, 6.07) is 25.1. The summed E-state index contributed by atoms with van der Waals surface area (Å²) in [4.78, 5) is 0. The van der Waals surface area contributed by atoms with Crippen molar-refractivity contribution in [3.63, 3.8) is 0 Å². The molecule has 0 bridgehead atoms. The molecule has 0 aromatic heterocycles. The van der Waals surface area contributed by atoms with Crippen molar-refractivity contribution in [3.05, 3.63) is 90.5 Å². The number of ether oxygens (including phenoxy) is 1. The predicted molar refractivity (Wildman–Crippen MR) is 106 cm³/mol. The largest absolute Gasteiger partial charge is 0.497 e. The van der Waals surface area contributed by atoms with E-state index >= 15 is 0 Å². The van der Waals surface area contributed by atoms with E-state index < -0.39 is 11.7 Å². The van der Waals surface area contributed by atoms with Crippen LogP contribution in [0.15, 0.2) is 84.9 Å². The van der Waals surface area contributed by atoms with Crippen molar-refractivity contribution in [3.8, 4) is 28.0 Å². The Balaban J connectivity index is 1.86. The van der Waals surface area contributed by atoms with Crippen molar-refractivity contribution < 1.29 is 17.9 Å². The van der Waals surface area contributed by atoms with Gasteiger partial charge < -0.3 is 4.74 Å². The summed E-state index contributed by atoms with van der Waals surface area (Å²) < 4.78 is 43.8. The maximum atomic E-state index is 12.9. The van der Waals surface area contributed by atoms with Crippen LogP contribution in [0.1, 0.15) is 5.56 Å². The molecule has 0 saturated carbocycles. The lowest BCUT2D eigenvalue weighted by Gasteiger charge is -2.13. The van der Waals surface area contributed by atoms with Crippen molar-refractivity contribution in [2.24, 2.45) is 0 Å². The number of rotatable bonds is 3. The summed E-state index contributed by atoms with van der Waals surface area (Å²) in [5.41, 5.74) is 3.01. The van der Waals surface area contributed by atoms with Crippen LogP contribution in [0, 0.1) is 0 Å². The fourth-order valence-electron chi connectivity index (χ4n) is 3.34. The van der Waals surface area contributed by atoms with Gasteiger partial charge in [0.2, 0.25) is 0 Å². The Kier molecular flexibility index (Phi) is 4.55. The molecule has 0 spiro atoms. The quantitative estimate of drug-likeness (QED) is 0.366. The summed E-state index contributed by atoms with van der Waals surface area (Å²) in [5, 5.41) is 2.12. The van der Waals surface area contributed by atoms with Crippen molar-refractivity contribution >= 4 is 10.8 Å². The van der Waals surface area contributed by atoms with Crippen LogP contribution in [0.4, 0.5) is 13.2 Å². The smallest absolute Gasteiger partial charge is 0.416 e. The first-order valence-corrected chi connectivity index (χ1v) is 8.80. The van der Waals surface area contributed by atoms with Gasteiger partial charge in [0.25, 0.3) is 0 Å². The molecule has 0 N–H and O–H groups in total. The summed E-state index contributed by atoms with van der Waals surface area (Å²) in [5.74, 6) is 0.770. The van der Waals surface area contributed by atoms with Gasteiger partial charge in [0.15, 0.2) is 0 Å². The van der Waals surface area contributed by atoms with Gasteiger partial charge in [-0.15, -0.1) is 0 Å². The summed E-state index contributed by atoms with van der Waals surface area (Å²) in [6.07, 6.45) is -4.34. The van der Waals surface area contributed by atoms with Crippen LogP contribution in [-0.2, 0) is 6.18 Å². The van der Waals surface area contributed by atoms with Crippen molar-refractivity contribution in [1.29, 1.82) is 0 Å². The fraction of sp³-hybridized carbons (Fsp3) is 0.0833. The van der Waals surface area contributed by atoms with Gasteiger partial charge in [-0.3, -0.25) is 0 Å². The molecular formula is C24H17F3O. The molecule has 0 aliphatic heterocycles. The van der Waals surface area contributed by atoms with E-state index in [9.17, 15) is 13.2 Å². The summed E-state index contributed by atoms with van der Waals surface area (Å²) in [6.45, 7) is 0. The SMILES string of the molecule is COc1ccc(-c2cc(-c3ccc(C(F)(F)F)cc3)cc3ccccc23)cc1. The van der Waals surface area contributed by atoms with Gasteiger partial charge in [-0.05, 0) is 69.4 Å². The van der Waals surface area contributed by atoms with Crippen molar-refractivity contribution in [2.75, 3.05) is 7.11 Å². The van der Waals surface area contributed by atoms with Crippen LogP contribution in [0.3, 0.4) is 0 Å². The van der Waals surface area contributed by atoms with Gasteiger partial charge in [-0.25, -0.2) is 0 Å². The van der Waals surface area contributed by atoms with Gasteiger partial charge in [-0.2, -0.15) is 13.2 Å². The molecule has 0 aliphatic rings. The maximum absolute atomic E-state index is 12.9. The molecule has 4 heteroatoms. The molecule has 0 aliphatic carbocycles. The number of methoxy groups -OCH3 is 1. The molecule has 28 heavy (non-hydrogen) atoms. The predicted octanol–water partition coefficient (Wildman–Crippen LogP) is 7.20. The van der Waals surface area contributed by atoms with Crippen LogP contribution >= 0.6 is 0 Å². The second kappa shape index (κ2) is 7.04. The Labute approximate surface area is 161 Å². The Morgan fingerprint density at radius 2 is 1.32 bits per heavy atom. The number of fused-ring (bicyclic) bond motifs is 1. The molecule has 0 atom stereocenters. The Morgan fingerprint density at radius 3 is 1.96 bits per heavy atom. The first kappa shape index (κ1) is 18.1. The third-order valence-electron chi connectivity index (χ3n) is 4.81. The van der Waals surface area contributed by atoms with Crippen LogP contribution in [-0.4, -0.2) is 7.11 Å². The monoisotopic (exact) mass is 378 g/mol. The number of hydrogen-bond acceptors (Lipinski definition) is 1. The Morgan fingerprint density at radius 1 is 0.679 bits per heavy atom. The summed E-state index contributed by atoms with van der Waals surface area (Å²) in [7, 11) is 1.62. The van der Waals surface area contributed by atoms with Gasteiger partial charge >= 0.3 is 6.18 Å². The van der Waals surface area contributed by atoms with E-state index in [1.807, 2.05) is 60.7 Å². The van der Waals surface area contributed by atoms with Crippen molar-refractivity contribution in [1.82, 2.24) is 0 Å². The lowest BCUT2D eigenvalue weighted by molar-refractivity contribution is -0.137. The molecule has 4 rings (SSSR count). The summed E-state index contributed by atoms with van der Waals surface area (Å²) >= 11 is 0. The standard InChI is InChI=1S/C24H17F3O/c1-28-21-12-8-17(9-13-21)23-15-19(14-18-4-2-3-5-22(18)23)16-6-10-20(11-7-16)24(25,26)27/h2-15H,1H3. The second-order valence-corrected chi connectivity index (χ2v) is 6.55. The van der Waals surface area contributed by atoms with Crippen molar-refractivity contribution in [2.45, 2.75) is 6.18 Å². The topological polar surface area (TPSA) is 9.23 Å². The first-order chi connectivity index (χ1) is 13.5. The highest BCUT2D eigenvalue weighted by atomic mass is 19.4. The zero-order valence-electron chi connectivity index (χ0n) is 15.1.